The van der Waals surface area contributed by atoms with E-state index in [1.54, 1.807) is 12.1 Å². The van der Waals surface area contributed by atoms with Crippen LogP contribution < -0.4 is 16.0 Å². The topological polar surface area (TPSA) is 110 Å². The second kappa shape index (κ2) is 5.98. The Kier molecular flexibility index (Phi) is 4.11. The number of hydrogen-bond acceptors (Lipinski definition) is 6. The average Bonchev–Trinajstić information content (AvgIpc) is 2.47. The van der Waals surface area contributed by atoms with Crippen LogP contribution in [0.25, 0.3) is 11.3 Å². The Hall–Kier alpha value is -2.67. The van der Waals surface area contributed by atoms with Gasteiger partial charge in [-0.15, -0.1) is 0 Å². The Balaban J connectivity index is 2.38. The highest BCUT2D eigenvalue weighted by Crippen LogP contribution is 2.31. The van der Waals surface area contributed by atoms with Gasteiger partial charge in [0.2, 0.25) is 0 Å². The maximum Gasteiger partial charge on any atom is 0.285 e. The number of nitrogens with two attached hydrogens (primary N) is 1. The summed E-state index contributed by atoms with van der Waals surface area (Å²) >= 11 is 0. The maximum absolute atomic E-state index is 11.4. The van der Waals surface area contributed by atoms with Crippen LogP contribution in [-0.2, 0) is 0 Å². The highest BCUT2D eigenvalue weighted by molar-refractivity contribution is 5.92. The van der Waals surface area contributed by atoms with E-state index in [0.717, 1.165) is 0 Å². The summed E-state index contributed by atoms with van der Waals surface area (Å²) in [6, 6.07) is 4.83. The minimum atomic E-state index is -0.551. The number of ether oxygens (including phenoxy) is 1. The number of hydrogen-bond donors (Lipinski definition) is 3. The van der Waals surface area contributed by atoms with Crippen molar-refractivity contribution < 1.29 is 14.6 Å². The molecule has 0 saturated heterocycles. The molecule has 2 rings (SSSR count). The quantitative estimate of drug-likeness (QED) is 0.433. The molecule has 0 radical (unpaired) electrons. The third-order valence-corrected chi connectivity index (χ3v) is 2.55. The van der Waals surface area contributed by atoms with Gasteiger partial charge in [-0.2, -0.15) is 0 Å². The highest BCUT2D eigenvalue weighted by atomic mass is 16.5. The number of aromatic nitrogens is 2. The summed E-state index contributed by atoms with van der Waals surface area (Å²) < 4.78 is 5.28. The zero-order chi connectivity index (χ0) is 14.5. The standard InChI is InChI=1S/C13H14N4O3/c1-2-20-8-3-4-9(12(18)5-8)10-6-15-7-11(16-10)13(19)17-14/h3-7,18H,2,14H2,1H3,(H,17,19). The lowest BCUT2D eigenvalue weighted by molar-refractivity contribution is 0.0948. The molecule has 0 spiro atoms. The number of carbonyl (C=O) groups is 1. The van der Waals surface area contributed by atoms with Gasteiger partial charge in [0.15, 0.2) is 0 Å². The first-order chi connectivity index (χ1) is 9.65. The van der Waals surface area contributed by atoms with Gasteiger partial charge in [0, 0.05) is 11.6 Å². The van der Waals surface area contributed by atoms with Crippen molar-refractivity contribution in [3.05, 3.63) is 36.3 Å². The van der Waals surface area contributed by atoms with Gasteiger partial charge in [0.1, 0.15) is 17.2 Å². The molecule has 7 nitrogen and oxygen atoms in total. The molecule has 0 fully saturated rings. The largest absolute Gasteiger partial charge is 0.507 e. The van der Waals surface area contributed by atoms with Crippen LogP contribution in [0.2, 0.25) is 0 Å². The number of amides is 1. The summed E-state index contributed by atoms with van der Waals surface area (Å²) in [6.45, 7) is 2.36. The van der Waals surface area contributed by atoms with Crippen LogP contribution in [0.4, 0.5) is 0 Å². The fourth-order valence-electron chi connectivity index (χ4n) is 1.66. The van der Waals surface area contributed by atoms with Crippen LogP contribution in [0.15, 0.2) is 30.6 Å². The molecule has 2 aromatic rings. The highest BCUT2D eigenvalue weighted by Gasteiger charge is 2.11. The molecule has 0 unspecified atom stereocenters. The molecule has 20 heavy (non-hydrogen) atoms. The number of aromatic hydroxyl groups is 1. The third-order valence-electron chi connectivity index (χ3n) is 2.55. The molecule has 4 N–H and O–H groups in total. The fourth-order valence-corrected chi connectivity index (χ4v) is 1.66. The van der Waals surface area contributed by atoms with E-state index in [-0.39, 0.29) is 11.4 Å². The van der Waals surface area contributed by atoms with E-state index in [4.69, 9.17) is 10.6 Å². The molecule has 0 saturated carbocycles. The van der Waals surface area contributed by atoms with Crippen molar-refractivity contribution in [2.45, 2.75) is 6.92 Å². The van der Waals surface area contributed by atoms with Gasteiger partial charge in [0.05, 0.1) is 24.7 Å². The molecule has 0 bridgehead atoms. The van der Waals surface area contributed by atoms with Crippen LogP contribution in [0, 0.1) is 0 Å². The molecule has 1 heterocycles. The summed E-state index contributed by atoms with van der Waals surface area (Å²) in [5.74, 6) is 5.04. The first kappa shape index (κ1) is 13.8. The van der Waals surface area contributed by atoms with Crippen LogP contribution in [0.3, 0.4) is 0 Å². The lowest BCUT2D eigenvalue weighted by atomic mass is 10.1. The van der Waals surface area contributed by atoms with Crippen LogP contribution in [0.1, 0.15) is 17.4 Å². The maximum atomic E-state index is 11.4. The van der Waals surface area contributed by atoms with Crippen LogP contribution >= 0.6 is 0 Å². The molecular weight excluding hydrogens is 260 g/mol. The summed E-state index contributed by atoms with van der Waals surface area (Å²) in [7, 11) is 0. The Morgan fingerprint density at radius 3 is 2.90 bits per heavy atom. The Morgan fingerprint density at radius 1 is 1.45 bits per heavy atom. The third kappa shape index (κ3) is 2.83. The first-order valence-electron chi connectivity index (χ1n) is 5.95. The Bertz CT molecular complexity index is 631. The summed E-state index contributed by atoms with van der Waals surface area (Å²) in [5.41, 5.74) is 2.86. The first-order valence-corrected chi connectivity index (χ1v) is 5.95. The van der Waals surface area contributed by atoms with Crippen molar-refractivity contribution >= 4 is 5.91 Å². The number of phenolic OH excluding ortho intramolecular Hbond substituents is 1. The lowest BCUT2D eigenvalue weighted by Gasteiger charge is -2.08. The van der Waals surface area contributed by atoms with Gasteiger partial charge in [-0.25, -0.2) is 10.8 Å². The predicted molar refractivity (Wildman–Crippen MR) is 72.0 cm³/mol. The molecule has 0 aliphatic carbocycles. The smallest absolute Gasteiger partial charge is 0.285 e. The number of hydrazine groups is 1. The summed E-state index contributed by atoms with van der Waals surface area (Å²) in [6.07, 6.45) is 2.74. The second-order valence-corrected chi connectivity index (χ2v) is 3.87. The van der Waals surface area contributed by atoms with E-state index in [2.05, 4.69) is 9.97 Å². The number of phenols is 1. The fraction of sp³-hybridized carbons (Fsp3) is 0.154. The molecule has 1 aromatic carbocycles. The summed E-state index contributed by atoms with van der Waals surface area (Å²) in [4.78, 5) is 19.4. The van der Waals surface area contributed by atoms with Gasteiger partial charge in [-0.1, -0.05) is 0 Å². The van der Waals surface area contributed by atoms with E-state index in [9.17, 15) is 9.90 Å². The molecule has 1 aromatic heterocycles. The number of nitrogens with zero attached hydrogens (tertiary/aromatic N) is 2. The lowest BCUT2D eigenvalue weighted by Crippen LogP contribution is -2.30. The average molecular weight is 274 g/mol. The summed E-state index contributed by atoms with van der Waals surface area (Å²) in [5, 5.41) is 9.99. The molecule has 1 amide bonds. The molecular formula is C13H14N4O3. The van der Waals surface area contributed by atoms with Crippen molar-refractivity contribution in [2.75, 3.05) is 6.61 Å². The molecule has 0 aliphatic heterocycles. The van der Waals surface area contributed by atoms with Crippen molar-refractivity contribution in [3.63, 3.8) is 0 Å². The van der Waals surface area contributed by atoms with Crippen molar-refractivity contribution in [1.82, 2.24) is 15.4 Å². The van der Waals surface area contributed by atoms with Crippen molar-refractivity contribution in [3.8, 4) is 22.8 Å². The van der Waals surface area contributed by atoms with E-state index in [1.165, 1.54) is 18.5 Å². The van der Waals surface area contributed by atoms with Crippen molar-refractivity contribution in [2.24, 2.45) is 5.84 Å². The van der Waals surface area contributed by atoms with E-state index >= 15 is 0 Å². The van der Waals surface area contributed by atoms with Crippen LogP contribution in [0.5, 0.6) is 11.5 Å². The van der Waals surface area contributed by atoms with E-state index in [1.807, 2.05) is 12.3 Å². The van der Waals surface area contributed by atoms with Gasteiger partial charge < -0.3 is 9.84 Å². The van der Waals surface area contributed by atoms with E-state index in [0.29, 0.717) is 23.6 Å². The number of nitrogens with one attached hydrogen (secondary N) is 1. The Labute approximate surface area is 115 Å². The number of carbonyl (C=O) groups excluding carboxylic acids is 1. The minimum absolute atomic E-state index is 0.00411. The zero-order valence-electron chi connectivity index (χ0n) is 10.8. The number of rotatable bonds is 4. The normalized spacial score (nSPS) is 10.1. The monoisotopic (exact) mass is 274 g/mol. The van der Waals surface area contributed by atoms with Gasteiger partial charge in [0.25, 0.3) is 5.91 Å². The van der Waals surface area contributed by atoms with Gasteiger partial charge >= 0.3 is 0 Å². The molecule has 0 aliphatic rings. The second-order valence-electron chi connectivity index (χ2n) is 3.87. The molecule has 7 heteroatoms. The van der Waals surface area contributed by atoms with Gasteiger partial charge in [-0.05, 0) is 19.1 Å². The van der Waals surface area contributed by atoms with E-state index < -0.39 is 5.91 Å². The van der Waals surface area contributed by atoms with Gasteiger partial charge in [-0.3, -0.25) is 15.2 Å². The SMILES string of the molecule is CCOc1ccc(-c2cncc(C(=O)NN)n2)c(O)c1. The zero-order valence-corrected chi connectivity index (χ0v) is 10.8. The molecule has 0 atom stereocenters. The molecule has 104 valence electrons. The minimum Gasteiger partial charge on any atom is -0.507 e. The predicted octanol–water partition coefficient (Wildman–Crippen LogP) is 0.851. The Morgan fingerprint density at radius 2 is 2.25 bits per heavy atom. The number of benzene rings is 1. The number of nitrogen functional groups attached to an aromatic ring is 1. The van der Waals surface area contributed by atoms with Crippen molar-refractivity contribution in [1.29, 1.82) is 0 Å². The van der Waals surface area contributed by atoms with Crippen LogP contribution in [-0.4, -0.2) is 27.6 Å².